The second-order valence-corrected chi connectivity index (χ2v) is 4.90. The zero-order chi connectivity index (χ0) is 12.4. The van der Waals surface area contributed by atoms with Crippen molar-refractivity contribution in [3.05, 3.63) is 45.8 Å². The Bertz CT molecular complexity index is 545. The minimum absolute atomic E-state index is 0.239. The first-order valence-electron chi connectivity index (χ1n) is 5.06. The van der Waals surface area contributed by atoms with Crippen molar-refractivity contribution in [1.29, 1.82) is 0 Å². The molecule has 0 bridgehead atoms. The van der Waals surface area contributed by atoms with Gasteiger partial charge in [0.05, 0.1) is 4.47 Å². The molecular weight excluding hydrogens is 302 g/mol. The van der Waals surface area contributed by atoms with E-state index in [4.69, 9.17) is 11.6 Å². The fraction of sp³-hybridized carbons (Fsp3) is 0.167. The standard InChI is InChI=1S/C12H11BrClN3/c1-8-4-3-5-9(6-8)17(2)11-10(13)7-15-12(14)16-11/h3-7H,1-2H3. The summed E-state index contributed by atoms with van der Waals surface area (Å²) in [6.07, 6.45) is 1.65. The van der Waals surface area contributed by atoms with Crippen molar-refractivity contribution < 1.29 is 0 Å². The molecule has 1 aromatic heterocycles. The van der Waals surface area contributed by atoms with Gasteiger partial charge in [0.2, 0.25) is 5.28 Å². The summed E-state index contributed by atoms with van der Waals surface area (Å²) in [7, 11) is 1.94. The van der Waals surface area contributed by atoms with E-state index in [0.29, 0.717) is 0 Å². The summed E-state index contributed by atoms with van der Waals surface area (Å²) in [6.45, 7) is 2.05. The molecule has 2 rings (SSSR count). The fourth-order valence-corrected chi connectivity index (χ4v) is 2.12. The van der Waals surface area contributed by atoms with Crippen molar-refractivity contribution in [2.45, 2.75) is 6.92 Å². The second kappa shape index (κ2) is 5.02. The van der Waals surface area contributed by atoms with Gasteiger partial charge in [0.15, 0.2) is 5.82 Å². The second-order valence-electron chi connectivity index (χ2n) is 3.71. The quantitative estimate of drug-likeness (QED) is 0.786. The molecule has 2 aromatic rings. The zero-order valence-electron chi connectivity index (χ0n) is 9.48. The molecule has 0 aliphatic carbocycles. The Morgan fingerprint density at radius 1 is 1.35 bits per heavy atom. The van der Waals surface area contributed by atoms with Crippen molar-refractivity contribution in [2.75, 3.05) is 11.9 Å². The lowest BCUT2D eigenvalue weighted by atomic mass is 10.2. The highest BCUT2D eigenvalue weighted by Gasteiger charge is 2.10. The molecule has 0 aliphatic rings. The highest BCUT2D eigenvalue weighted by atomic mass is 79.9. The Hall–Kier alpha value is -1.13. The number of halogens is 2. The largest absolute Gasteiger partial charge is 0.328 e. The van der Waals surface area contributed by atoms with Gasteiger partial charge in [0.1, 0.15) is 0 Å². The van der Waals surface area contributed by atoms with Gasteiger partial charge in [0.25, 0.3) is 0 Å². The first-order chi connectivity index (χ1) is 8.08. The number of hydrogen-bond acceptors (Lipinski definition) is 3. The summed E-state index contributed by atoms with van der Waals surface area (Å²) < 4.78 is 0.811. The summed E-state index contributed by atoms with van der Waals surface area (Å²) in [5.74, 6) is 0.746. The third kappa shape index (κ3) is 2.76. The Labute approximate surface area is 114 Å². The van der Waals surface area contributed by atoms with E-state index >= 15 is 0 Å². The molecule has 5 heteroatoms. The monoisotopic (exact) mass is 311 g/mol. The molecule has 0 atom stereocenters. The topological polar surface area (TPSA) is 29.0 Å². The minimum atomic E-state index is 0.239. The molecule has 88 valence electrons. The third-order valence-electron chi connectivity index (χ3n) is 2.40. The average Bonchev–Trinajstić information content (AvgIpc) is 2.31. The molecule has 0 saturated heterocycles. The lowest BCUT2D eigenvalue weighted by Gasteiger charge is -2.19. The number of anilines is 2. The van der Waals surface area contributed by atoms with Crippen molar-refractivity contribution in [3.8, 4) is 0 Å². The van der Waals surface area contributed by atoms with Crippen LogP contribution in [0.25, 0.3) is 0 Å². The van der Waals surface area contributed by atoms with Crippen molar-refractivity contribution in [3.63, 3.8) is 0 Å². The maximum absolute atomic E-state index is 5.81. The summed E-state index contributed by atoms with van der Waals surface area (Å²) in [5, 5.41) is 0.239. The van der Waals surface area contributed by atoms with E-state index in [-0.39, 0.29) is 5.28 Å². The van der Waals surface area contributed by atoms with E-state index in [1.54, 1.807) is 6.20 Å². The molecule has 0 unspecified atom stereocenters. The van der Waals surface area contributed by atoms with Gasteiger partial charge in [-0.15, -0.1) is 0 Å². The van der Waals surface area contributed by atoms with E-state index in [1.165, 1.54) is 5.56 Å². The smallest absolute Gasteiger partial charge is 0.224 e. The number of aryl methyl sites for hydroxylation is 1. The first kappa shape index (κ1) is 12.3. The molecule has 0 radical (unpaired) electrons. The summed E-state index contributed by atoms with van der Waals surface area (Å²) in [6, 6.07) is 8.18. The van der Waals surface area contributed by atoms with Crippen LogP contribution in [-0.2, 0) is 0 Å². The molecule has 0 fully saturated rings. The Morgan fingerprint density at radius 3 is 2.82 bits per heavy atom. The van der Waals surface area contributed by atoms with Crippen molar-refractivity contribution >= 4 is 39.0 Å². The molecule has 0 spiro atoms. The lowest BCUT2D eigenvalue weighted by Crippen LogP contribution is -2.12. The molecular formula is C12H11BrClN3. The van der Waals surface area contributed by atoms with E-state index in [9.17, 15) is 0 Å². The Kier molecular flexibility index (Phi) is 3.64. The van der Waals surface area contributed by atoms with Crippen LogP contribution in [0.15, 0.2) is 34.9 Å². The van der Waals surface area contributed by atoms with Crippen LogP contribution in [0.3, 0.4) is 0 Å². The number of nitrogens with zero attached hydrogens (tertiary/aromatic N) is 3. The van der Waals surface area contributed by atoms with Gasteiger partial charge in [0, 0.05) is 18.9 Å². The molecule has 17 heavy (non-hydrogen) atoms. The predicted octanol–water partition coefficient (Wildman–Crippen LogP) is 3.97. The number of rotatable bonds is 2. The van der Waals surface area contributed by atoms with Crippen molar-refractivity contribution in [1.82, 2.24) is 9.97 Å². The minimum Gasteiger partial charge on any atom is -0.328 e. The molecule has 0 N–H and O–H groups in total. The third-order valence-corrected chi connectivity index (χ3v) is 3.14. The molecule has 1 heterocycles. The van der Waals surface area contributed by atoms with Crippen LogP contribution in [0.2, 0.25) is 5.28 Å². The molecule has 0 amide bonds. The van der Waals surface area contributed by atoms with Crippen LogP contribution >= 0.6 is 27.5 Å². The molecule has 3 nitrogen and oxygen atoms in total. The predicted molar refractivity (Wildman–Crippen MR) is 74.0 cm³/mol. The van der Waals surface area contributed by atoms with Crippen LogP contribution in [0.1, 0.15) is 5.56 Å². The molecule has 0 aliphatic heterocycles. The summed E-state index contributed by atoms with van der Waals surface area (Å²) >= 11 is 9.23. The number of hydrogen-bond donors (Lipinski definition) is 0. The highest BCUT2D eigenvalue weighted by Crippen LogP contribution is 2.29. The van der Waals surface area contributed by atoms with Gasteiger partial charge < -0.3 is 4.90 Å². The molecule has 0 saturated carbocycles. The van der Waals surface area contributed by atoms with Gasteiger partial charge in [-0.05, 0) is 52.2 Å². The van der Waals surface area contributed by atoms with Crippen LogP contribution in [-0.4, -0.2) is 17.0 Å². The highest BCUT2D eigenvalue weighted by molar-refractivity contribution is 9.10. The average molecular weight is 313 g/mol. The molecule has 1 aromatic carbocycles. The van der Waals surface area contributed by atoms with Gasteiger partial charge in [-0.1, -0.05) is 12.1 Å². The van der Waals surface area contributed by atoms with Gasteiger partial charge in [-0.2, -0.15) is 4.98 Å². The lowest BCUT2D eigenvalue weighted by molar-refractivity contribution is 1.07. The van der Waals surface area contributed by atoms with E-state index in [0.717, 1.165) is 16.0 Å². The van der Waals surface area contributed by atoms with Crippen LogP contribution < -0.4 is 4.90 Å². The van der Waals surface area contributed by atoms with E-state index in [2.05, 4.69) is 45.0 Å². The maximum atomic E-state index is 5.81. The van der Waals surface area contributed by atoms with E-state index < -0.39 is 0 Å². The number of aromatic nitrogens is 2. The van der Waals surface area contributed by atoms with Crippen LogP contribution in [0.5, 0.6) is 0 Å². The van der Waals surface area contributed by atoms with Crippen LogP contribution in [0, 0.1) is 6.92 Å². The Morgan fingerprint density at radius 2 is 2.12 bits per heavy atom. The number of benzene rings is 1. The van der Waals surface area contributed by atoms with Gasteiger partial charge >= 0.3 is 0 Å². The zero-order valence-corrected chi connectivity index (χ0v) is 11.8. The Balaban J connectivity index is 2.43. The fourth-order valence-electron chi connectivity index (χ4n) is 1.53. The van der Waals surface area contributed by atoms with Gasteiger partial charge in [-0.25, -0.2) is 4.98 Å². The SMILES string of the molecule is Cc1cccc(N(C)c2nc(Cl)ncc2Br)c1. The summed E-state index contributed by atoms with van der Waals surface area (Å²) in [5.41, 5.74) is 2.26. The van der Waals surface area contributed by atoms with E-state index in [1.807, 2.05) is 24.1 Å². The summed E-state index contributed by atoms with van der Waals surface area (Å²) in [4.78, 5) is 10.1. The first-order valence-corrected chi connectivity index (χ1v) is 6.23. The van der Waals surface area contributed by atoms with Crippen LogP contribution in [0.4, 0.5) is 11.5 Å². The van der Waals surface area contributed by atoms with Crippen molar-refractivity contribution in [2.24, 2.45) is 0 Å². The maximum Gasteiger partial charge on any atom is 0.224 e. The normalized spacial score (nSPS) is 10.4. The van der Waals surface area contributed by atoms with Gasteiger partial charge in [-0.3, -0.25) is 0 Å².